The molecule has 5 nitrogen and oxygen atoms in total. The van der Waals surface area contributed by atoms with Crippen molar-refractivity contribution < 1.29 is 14.3 Å². The number of amides is 1. The molecule has 2 rings (SSSR count). The third-order valence-electron chi connectivity index (χ3n) is 3.24. The molecule has 1 amide bonds. The molecule has 0 atom stereocenters. The van der Waals surface area contributed by atoms with Crippen LogP contribution in [-0.2, 0) is 9.47 Å². The molecule has 0 spiro atoms. The van der Waals surface area contributed by atoms with Gasteiger partial charge < -0.3 is 14.4 Å². The predicted molar refractivity (Wildman–Crippen MR) is 81.4 cm³/mol. The second-order valence-electron chi connectivity index (χ2n) is 4.67. The van der Waals surface area contributed by atoms with Crippen LogP contribution in [-0.4, -0.2) is 56.3 Å². The minimum absolute atomic E-state index is 0.102. The van der Waals surface area contributed by atoms with E-state index in [4.69, 9.17) is 9.47 Å². The van der Waals surface area contributed by atoms with Gasteiger partial charge >= 0.3 is 0 Å². The maximum absolute atomic E-state index is 12.6. The highest BCUT2D eigenvalue weighted by Gasteiger charge is 2.16. The van der Waals surface area contributed by atoms with E-state index in [0.717, 1.165) is 10.9 Å². The van der Waals surface area contributed by atoms with E-state index in [1.807, 2.05) is 30.3 Å². The summed E-state index contributed by atoms with van der Waals surface area (Å²) in [6.45, 7) is 2.02. The van der Waals surface area contributed by atoms with Gasteiger partial charge in [-0.15, -0.1) is 0 Å². The molecule has 0 aliphatic heterocycles. The van der Waals surface area contributed by atoms with Crippen molar-refractivity contribution in [3.8, 4) is 0 Å². The summed E-state index contributed by atoms with van der Waals surface area (Å²) in [7, 11) is 3.24. The Morgan fingerprint density at radius 1 is 1.05 bits per heavy atom. The van der Waals surface area contributed by atoms with Gasteiger partial charge in [0.05, 0.1) is 18.7 Å². The van der Waals surface area contributed by atoms with Crippen molar-refractivity contribution in [2.75, 3.05) is 40.5 Å². The third-order valence-corrected chi connectivity index (χ3v) is 3.24. The number of rotatable bonds is 7. The molecule has 0 saturated carbocycles. The van der Waals surface area contributed by atoms with E-state index in [1.54, 1.807) is 25.2 Å². The number of hydrogen-bond acceptors (Lipinski definition) is 4. The Morgan fingerprint density at radius 2 is 1.71 bits per heavy atom. The number of carbonyl (C=O) groups is 1. The van der Waals surface area contributed by atoms with Crippen molar-refractivity contribution in [3.63, 3.8) is 0 Å². The number of nitrogens with zero attached hydrogens (tertiary/aromatic N) is 2. The smallest absolute Gasteiger partial charge is 0.272 e. The predicted octanol–water partition coefficient (Wildman–Crippen LogP) is 1.97. The molecule has 0 N–H and O–H groups in total. The molecule has 21 heavy (non-hydrogen) atoms. The zero-order chi connectivity index (χ0) is 15.1. The Balaban J connectivity index is 2.20. The van der Waals surface area contributed by atoms with Crippen molar-refractivity contribution in [3.05, 3.63) is 42.1 Å². The number of carbonyl (C=O) groups excluding carboxylic acids is 1. The fourth-order valence-electron chi connectivity index (χ4n) is 2.06. The van der Waals surface area contributed by atoms with Crippen LogP contribution in [0.15, 0.2) is 36.4 Å². The molecule has 0 aliphatic carbocycles. The van der Waals surface area contributed by atoms with Gasteiger partial charge in [-0.3, -0.25) is 4.79 Å². The largest absolute Gasteiger partial charge is 0.383 e. The van der Waals surface area contributed by atoms with Gasteiger partial charge in [-0.25, -0.2) is 4.98 Å². The number of para-hydroxylation sites is 1. The summed E-state index contributed by atoms with van der Waals surface area (Å²) >= 11 is 0. The van der Waals surface area contributed by atoms with Gasteiger partial charge in [0.25, 0.3) is 5.91 Å². The molecule has 0 saturated heterocycles. The molecule has 0 bridgehead atoms. The SMILES string of the molecule is COCCN(CCOC)C(=O)c1ccc2ccccc2n1. The minimum atomic E-state index is -0.102. The van der Waals surface area contributed by atoms with Gasteiger partial charge in [-0.2, -0.15) is 0 Å². The zero-order valence-corrected chi connectivity index (χ0v) is 12.4. The molecule has 0 radical (unpaired) electrons. The highest BCUT2D eigenvalue weighted by Crippen LogP contribution is 2.13. The molecule has 2 aromatic rings. The molecule has 0 unspecified atom stereocenters. The van der Waals surface area contributed by atoms with Crippen molar-refractivity contribution >= 4 is 16.8 Å². The highest BCUT2D eigenvalue weighted by molar-refractivity contribution is 5.94. The molecule has 112 valence electrons. The van der Waals surface area contributed by atoms with Crippen LogP contribution in [0.2, 0.25) is 0 Å². The van der Waals surface area contributed by atoms with Gasteiger partial charge in [0.1, 0.15) is 5.69 Å². The molecule has 0 aliphatic rings. The zero-order valence-electron chi connectivity index (χ0n) is 12.4. The minimum Gasteiger partial charge on any atom is -0.383 e. The fourth-order valence-corrected chi connectivity index (χ4v) is 2.06. The van der Waals surface area contributed by atoms with Crippen molar-refractivity contribution in [1.29, 1.82) is 0 Å². The number of ether oxygens (including phenoxy) is 2. The van der Waals surface area contributed by atoms with E-state index in [-0.39, 0.29) is 5.91 Å². The standard InChI is InChI=1S/C16H20N2O3/c1-20-11-9-18(10-12-21-2)16(19)15-8-7-13-5-3-4-6-14(13)17-15/h3-8H,9-12H2,1-2H3. The lowest BCUT2D eigenvalue weighted by Gasteiger charge is -2.21. The van der Waals surface area contributed by atoms with Gasteiger partial charge in [0.15, 0.2) is 0 Å². The Kier molecular flexibility index (Phi) is 5.66. The van der Waals surface area contributed by atoms with E-state index in [2.05, 4.69) is 4.98 Å². The number of pyridine rings is 1. The first-order valence-electron chi connectivity index (χ1n) is 6.89. The average Bonchev–Trinajstić information content (AvgIpc) is 2.54. The first-order chi connectivity index (χ1) is 10.3. The van der Waals surface area contributed by atoms with Crippen molar-refractivity contribution in [2.24, 2.45) is 0 Å². The van der Waals surface area contributed by atoms with Crippen LogP contribution in [0.4, 0.5) is 0 Å². The molecular weight excluding hydrogens is 268 g/mol. The van der Waals surface area contributed by atoms with E-state index in [1.165, 1.54) is 0 Å². The molecule has 1 aromatic carbocycles. The van der Waals surface area contributed by atoms with Gasteiger partial charge in [0, 0.05) is 32.7 Å². The summed E-state index contributed by atoms with van der Waals surface area (Å²) in [6, 6.07) is 11.4. The lowest BCUT2D eigenvalue weighted by Crippen LogP contribution is -2.36. The molecular formula is C16H20N2O3. The van der Waals surface area contributed by atoms with Crippen LogP contribution in [0.25, 0.3) is 10.9 Å². The van der Waals surface area contributed by atoms with E-state index in [9.17, 15) is 4.79 Å². The van der Waals surface area contributed by atoms with Crippen LogP contribution >= 0.6 is 0 Å². The highest BCUT2D eigenvalue weighted by atomic mass is 16.5. The Morgan fingerprint density at radius 3 is 2.38 bits per heavy atom. The second-order valence-corrected chi connectivity index (χ2v) is 4.67. The summed E-state index contributed by atoms with van der Waals surface area (Å²) in [5, 5.41) is 1.02. The third kappa shape index (κ3) is 4.00. The van der Waals surface area contributed by atoms with Crippen molar-refractivity contribution in [2.45, 2.75) is 0 Å². The Bertz CT molecular complexity index is 593. The monoisotopic (exact) mass is 288 g/mol. The van der Waals surface area contributed by atoms with E-state index >= 15 is 0 Å². The van der Waals surface area contributed by atoms with Crippen LogP contribution in [0.3, 0.4) is 0 Å². The number of aromatic nitrogens is 1. The van der Waals surface area contributed by atoms with E-state index < -0.39 is 0 Å². The summed E-state index contributed by atoms with van der Waals surface area (Å²) in [4.78, 5) is 18.7. The van der Waals surface area contributed by atoms with Crippen LogP contribution in [0, 0.1) is 0 Å². The van der Waals surface area contributed by atoms with Gasteiger partial charge in [0.2, 0.25) is 0 Å². The van der Waals surface area contributed by atoms with Crippen LogP contribution < -0.4 is 0 Å². The molecule has 1 heterocycles. The van der Waals surface area contributed by atoms with Crippen LogP contribution in [0.5, 0.6) is 0 Å². The topological polar surface area (TPSA) is 51.7 Å². The van der Waals surface area contributed by atoms with Gasteiger partial charge in [-0.05, 0) is 12.1 Å². The number of methoxy groups -OCH3 is 2. The fraction of sp³-hybridized carbons (Fsp3) is 0.375. The lowest BCUT2D eigenvalue weighted by atomic mass is 10.2. The van der Waals surface area contributed by atoms with E-state index in [0.29, 0.717) is 32.0 Å². The average molecular weight is 288 g/mol. The van der Waals surface area contributed by atoms with Gasteiger partial charge in [-0.1, -0.05) is 24.3 Å². The summed E-state index contributed by atoms with van der Waals surface area (Å²) in [6.07, 6.45) is 0. The number of benzene rings is 1. The molecule has 1 aromatic heterocycles. The first kappa shape index (κ1) is 15.4. The molecule has 0 fully saturated rings. The second kappa shape index (κ2) is 7.71. The normalized spacial score (nSPS) is 10.8. The maximum atomic E-state index is 12.6. The molecule has 5 heteroatoms. The summed E-state index contributed by atoms with van der Waals surface area (Å²) in [5.74, 6) is -0.102. The number of hydrogen-bond donors (Lipinski definition) is 0. The maximum Gasteiger partial charge on any atom is 0.272 e. The summed E-state index contributed by atoms with van der Waals surface area (Å²) < 4.78 is 10.1. The Labute approximate surface area is 124 Å². The quantitative estimate of drug-likeness (QED) is 0.781. The lowest BCUT2D eigenvalue weighted by molar-refractivity contribution is 0.0622. The first-order valence-corrected chi connectivity index (χ1v) is 6.89. The van der Waals surface area contributed by atoms with Crippen LogP contribution in [0.1, 0.15) is 10.5 Å². The number of fused-ring (bicyclic) bond motifs is 1. The van der Waals surface area contributed by atoms with Crippen molar-refractivity contribution in [1.82, 2.24) is 9.88 Å². The Hall–Kier alpha value is -1.98. The summed E-state index contributed by atoms with van der Waals surface area (Å²) in [5.41, 5.74) is 1.27.